The van der Waals surface area contributed by atoms with Gasteiger partial charge in [-0.25, -0.2) is 26.5 Å². The summed E-state index contributed by atoms with van der Waals surface area (Å²) in [6.45, 7) is 15.3. The SMILES string of the molecule is Cc1ncsc1-c1ccc([C@H](C)NC(=O)[C@@H]2C[C@@H](O)CN2C(=O)[C@@H](NC(=O)CCCCCC(=O)N2CCN(CC[C@H](CSc3ccccc3)Nc3ccc(S(=O)(=O)NC(=O)c4ccc(N5CCN(CC6=C(c7ccc(Cl)cc7)CCC7(CCCCC7)C6)CC5)cc4)cc3S(=O)(=O)C(F)(F)F)CC2)C(C)(C)C)cc1. The highest BCUT2D eigenvalue weighted by Crippen LogP contribution is 2.51. The maximum absolute atomic E-state index is 14.6. The summed E-state index contributed by atoms with van der Waals surface area (Å²) in [6.07, 6.45) is 11.0. The van der Waals surface area contributed by atoms with Crippen molar-refractivity contribution in [2.24, 2.45) is 10.8 Å². The molecular formula is C80H100ClF3N10O10S4. The lowest BCUT2D eigenvalue weighted by Crippen LogP contribution is -2.57. The number of thiazole rings is 1. The van der Waals surface area contributed by atoms with Crippen LogP contribution in [0, 0.1) is 17.8 Å². The number of thioether (sulfide) groups is 1. The number of piperazine rings is 2. The van der Waals surface area contributed by atoms with Gasteiger partial charge in [0.05, 0.1) is 38.8 Å². The van der Waals surface area contributed by atoms with Crippen LogP contribution in [-0.2, 0) is 39.0 Å². The summed E-state index contributed by atoms with van der Waals surface area (Å²) >= 11 is 9.24. The smallest absolute Gasteiger partial charge is 0.391 e. The molecule has 5 aromatic carbocycles. The van der Waals surface area contributed by atoms with Crippen LogP contribution >= 0.6 is 34.7 Å². The second-order valence-electron chi connectivity index (χ2n) is 30.6. The van der Waals surface area contributed by atoms with Gasteiger partial charge < -0.3 is 35.8 Å². The van der Waals surface area contributed by atoms with Crippen molar-refractivity contribution in [3.05, 3.63) is 160 Å². The fourth-order valence-corrected chi connectivity index (χ4v) is 19.5. The Hall–Kier alpha value is -7.37. The third-order valence-electron chi connectivity index (χ3n) is 21.8. The number of halogens is 4. The van der Waals surface area contributed by atoms with Crippen LogP contribution in [0.2, 0.25) is 5.02 Å². The molecule has 582 valence electrons. The molecule has 5 atom stereocenters. The summed E-state index contributed by atoms with van der Waals surface area (Å²) in [5, 5.41) is 20.4. The van der Waals surface area contributed by atoms with Gasteiger partial charge in [-0.05, 0) is 165 Å². The molecule has 2 aliphatic carbocycles. The number of hydrogen-bond acceptors (Lipinski definition) is 17. The molecular weight excluding hydrogens is 1480 g/mol. The van der Waals surface area contributed by atoms with Crippen molar-refractivity contribution in [2.75, 3.05) is 88.0 Å². The Balaban J connectivity index is 0.645. The van der Waals surface area contributed by atoms with E-state index >= 15 is 0 Å². The maximum atomic E-state index is 14.6. The molecule has 5 aliphatic rings. The lowest BCUT2D eigenvalue weighted by molar-refractivity contribution is -0.144. The summed E-state index contributed by atoms with van der Waals surface area (Å²) in [6, 6.07) is 31.0. The van der Waals surface area contributed by atoms with Gasteiger partial charge in [-0.2, -0.15) is 13.2 Å². The molecule has 4 heterocycles. The van der Waals surface area contributed by atoms with Gasteiger partial charge in [-0.15, -0.1) is 23.1 Å². The minimum Gasteiger partial charge on any atom is -0.391 e. The first-order chi connectivity index (χ1) is 51.4. The highest BCUT2D eigenvalue weighted by molar-refractivity contribution is 7.99. The topological polar surface area (TPSA) is 251 Å². The molecule has 0 unspecified atom stereocenters. The van der Waals surface area contributed by atoms with Crippen LogP contribution in [0.25, 0.3) is 16.0 Å². The standard InChI is InChI=1S/C80H100ClF3N10O10S4/c1-54(56-19-21-58(22-20-56)73-55(2)85-53-106-73)86-76(99)69-47-64(95)51-94(69)77(100)74(78(3,4)5)88-71(96)17-11-7-12-18-72(97)93-45-39-90(40-46-93)38-34-62(52-105-65-15-9-6-10-16-65)87-68-32-31-66(48-70(68)107(101,102)80(82,83)84)108(103,104)89-75(98)59-25-29-63(30-26-59)92-43-41-91(42-44-92)50-60-49-79(35-13-8-14-36-79)37-33-67(60)57-23-27-61(81)28-24-57/h6,9-10,15-16,19-32,48,53-54,62,64,69,74,87,95H,7-8,11-14,17-18,33-47,49-52H2,1-5H3,(H,86,99)(H,88,96)(H,89,98)/t54-,62+,64+,69-,74+/m0/s1. The molecule has 11 rings (SSSR count). The van der Waals surface area contributed by atoms with Crippen LogP contribution < -0.4 is 25.6 Å². The average Bonchev–Trinajstić information content (AvgIpc) is 1.02. The zero-order valence-electron chi connectivity index (χ0n) is 62.1. The second-order valence-corrected chi connectivity index (χ2v) is 36.6. The molecule has 20 nitrogen and oxygen atoms in total. The molecule has 4 fully saturated rings. The molecule has 1 aromatic heterocycles. The third-order valence-corrected chi connectivity index (χ3v) is 27.1. The van der Waals surface area contributed by atoms with E-state index in [0.29, 0.717) is 74.9 Å². The Labute approximate surface area is 646 Å². The van der Waals surface area contributed by atoms with Crippen molar-refractivity contribution in [3.63, 3.8) is 0 Å². The largest absolute Gasteiger partial charge is 0.501 e. The van der Waals surface area contributed by atoms with Crippen molar-refractivity contribution in [1.29, 1.82) is 0 Å². The highest BCUT2D eigenvalue weighted by Gasteiger charge is 2.49. The summed E-state index contributed by atoms with van der Waals surface area (Å²) in [5.41, 5.74) is 2.89. The first-order valence-corrected chi connectivity index (χ1v) is 42.7. The number of nitrogens with one attached hydrogen (secondary N) is 4. The van der Waals surface area contributed by atoms with Gasteiger partial charge in [0, 0.05) is 124 Å². The number of amides is 5. The zero-order chi connectivity index (χ0) is 77.1. The first kappa shape index (κ1) is 81.6. The van der Waals surface area contributed by atoms with Gasteiger partial charge in [0.1, 0.15) is 17.0 Å². The number of sulfonamides is 1. The number of carbonyl (C=O) groups is 5. The van der Waals surface area contributed by atoms with E-state index in [0.717, 1.165) is 90.0 Å². The molecule has 1 saturated carbocycles. The Morgan fingerprint density at radius 1 is 0.769 bits per heavy atom. The van der Waals surface area contributed by atoms with Crippen LogP contribution in [0.5, 0.6) is 0 Å². The van der Waals surface area contributed by atoms with E-state index in [-0.39, 0.29) is 48.9 Å². The number of likely N-dealkylation sites (tertiary alicyclic amines) is 1. The molecule has 5 N–H and O–H groups in total. The average molecular weight is 1580 g/mol. The molecule has 5 amide bonds. The lowest BCUT2D eigenvalue weighted by atomic mass is 9.63. The number of alkyl halides is 3. The van der Waals surface area contributed by atoms with Crippen LogP contribution in [0.1, 0.15) is 157 Å². The predicted octanol–water partition coefficient (Wildman–Crippen LogP) is 13.3. The van der Waals surface area contributed by atoms with Gasteiger partial charge in [0.15, 0.2) is 0 Å². The van der Waals surface area contributed by atoms with Crippen LogP contribution in [0.3, 0.4) is 0 Å². The number of aromatic nitrogens is 1. The molecule has 108 heavy (non-hydrogen) atoms. The summed E-state index contributed by atoms with van der Waals surface area (Å²) in [4.78, 5) is 82.8. The maximum Gasteiger partial charge on any atom is 0.501 e. The van der Waals surface area contributed by atoms with Crippen molar-refractivity contribution < 1.29 is 59.1 Å². The molecule has 3 aliphatic heterocycles. The molecule has 6 aromatic rings. The number of hydrogen-bond donors (Lipinski definition) is 5. The number of β-amino-alcohol motifs (C(OH)–C–C–N with tert-alkyl or cyclic N) is 1. The van der Waals surface area contributed by atoms with Gasteiger partial charge in [-0.3, -0.25) is 33.8 Å². The van der Waals surface area contributed by atoms with Gasteiger partial charge in [-0.1, -0.05) is 118 Å². The minimum absolute atomic E-state index is 0.0338. The van der Waals surface area contributed by atoms with Crippen LogP contribution in [0.15, 0.2) is 147 Å². The number of anilines is 2. The van der Waals surface area contributed by atoms with Crippen molar-refractivity contribution in [1.82, 2.24) is 39.9 Å². The number of benzene rings is 5. The van der Waals surface area contributed by atoms with Crippen molar-refractivity contribution in [3.8, 4) is 10.4 Å². The van der Waals surface area contributed by atoms with Crippen molar-refractivity contribution in [2.45, 2.75) is 181 Å². The number of allylic oxidation sites excluding steroid dienone is 1. The summed E-state index contributed by atoms with van der Waals surface area (Å²) in [7, 11) is -11.1. The van der Waals surface area contributed by atoms with Crippen LogP contribution in [0.4, 0.5) is 24.5 Å². The number of nitrogens with zero attached hydrogens (tertiary/aromatic N) is 6. The normalized spacial score (nSPS) is 19.2. The predicted molar refractivity (Wildman–Crippen MR) is 419 cm³/mol. The van der Waals surface area contributed by atoms with Gasteiger partial charge in [0.2, 0.25) is 23.6 Å². The number of aliphatic hydroxyl groups is 1. The molecule has 3 saturated heterocycles. The quantitative estimate of drug-likeness (QED) is 0.0226. The fraction of sp³-hybridized carbons (Fsp3) is 0.500. The number of aliphatic hydroxyl groups excluding tert-OH is 1. The number of unbranched alkanes of at least 4 members (excludes halogenated alkanes) is 2. The second kappa shape index (κ2) is 35.8. The van der Waals surface area contributed by atoms with Gasteiger partial charge >= 0.3 is 5.51 Å². The first-order valence-electron chi connectivity index (χ1n) is 37.5. The molecule has 28 heteroatoms. The Morgan fingerprint density at radius 2 is 1.44 bits per heavy atom. The van der Waals surface area contributed by atoms with Gasteiger partial charge in [0.25, 0.3) is 25.8 Å². The van der Waals surface area contributed by atoms with Crippen LogP contribution in [-0.4, -0.2) is 184 Å². The highest BCUT2D eigenvalue weighted by atomic mass is 35.5. The van der Waals surface area contributed by atoms with Crippen molar-refractivity contribution >= 4 is 101 Å². The molecule has 0 bridgehead atoms. The van der Waals surface area contributed by atoms with E-state index < -0.39 is 94.3 Å². The summed E-state index contributed by atoms with van der Waals surface area (Å²) in [5.74, 6) is -2.09. The fourth-order valence-electron chi connectivity index (χ4n) is 15.6. The Kier molecular flexibility index (Phi) is 27.0. The molecule has 1 spiro atoms. The number of carbonyl (C=O) groups excluding carboxylic acids is 5. The Bertz CT molecular complexity index is 4390. The molecule has 0 radical (unpaired) electrons. The van der Waals surface area contributed by atoms with E-state index in [9.17, 15) is 59.1 Å². The number of sulfone groups is 1. The minimum atomic E-state index is -6.19. The van der Waals surface area contributed by atoms with E-state index in [1.165, 1.54) is 84.0 Å². The lowest BCUT2D eigenvalue weighted by Gasteiger charge is -2.44. The van der Waals surface area contributed by atoms with E-state index in [4.69, 9.17) is 11.6 Å². The third kappa shape index (κ3) is 20.8. The van der Waals surface area contributed by atoms with E-state index in [1.54, 1.807) is 33.9 Å². The summed E-state index contributed by atoms with van der Waals surface area (Å²) < 4.78 is 101. The zero-order valence-corrected chi connectivity index (χ0v) is 66.1. The number of aryl methyl sites for hydroxylation is 1. The van der Waals surface area contributed by atoms with E-state index in [1.807, 2.05) is 106 Å². The monoisotopic (exact) mass is 1580 g/mol. The Morgan fingerprint density at radius 3 is 2.09 bits per heavy atom. The van der Waals surface area contributed by atoms with E-state index in [2.05, 4.69) is 47.8 Å². The number of rotatable bonds is 28.